The topological polar surface area (TPSA) is 45.6 Å². The number of nitrogens with zero attached hydrogens (tertiary/aromatic N) is 1. The Balaban J connectivity index is 2.61. The first kappa shape index (κ1) is 27.1. The van der Waals surface area contributed by atoms with E-state index in [0.29, 0.717) is 6.92 Å². The summed E-state index contributed by atoms with van der Waals surface area (Å²) in [7, 11) is 0. The zero-order valence-corrected chi connectivity index (χ0v) is 16.4. The van der Waals surface area contributed by atoms with Gasteiger partial charge in [0.15, 0.2) is 17.6 Å². The Morgan fingerprint density at radius 1 is 0.882 bits per heavy atom. The Bertz CT molecular complexity index is 1040. The first-order chi connectivity index (χ1) is 15.1. The number of aliphatic hydroxyl groups is 1. The van der Waals surface area contributed by atoms with E-state index in [2.05, 4.69) is 11.6 Å². The summed E-state index contributed by atoms with van der Waals surface area (Å²) in [6.45, 7) is 3.05. The number of aromatic nitrogens is 1. The molecule has 1 saturated heterocycles. The number of pyridine rings is 1. The molecule has 34 heavy (non-hydrogen) atoms. The maximum absolute atomic E-state index is 12.9. The van der Waals surface area contributed by atoms with Crippen LogP contribution in [0.1, 0.15) is 30.0 Å². The number of epoxide rings is 1. The van der Waals surface area contributed by atoms with E-state index in [4.69, 9.17) is 4.74 Å². The van der Waals surface area contributed by atoms with Crippen LogP contribution in [0.3, 0.4) is 0 Å². The lowest BCUT2D eigenvalue weighted by molar-refractivity contribution is -0.150. The largest absolute Gasteiger partial charge is 0.504 e. The lowest BCUT2D eigenvalue weighted by Gasteiger charge is -2.12. The molecular formula is C19H11F12NO2. The highest BCUT2D eigenvalue weighted by Gasteiger charge is 2.45. The second kappa shape index (κ2) is 8.58. The van der Waals surface area contributed by atoms with Crippen LogP contribution in [0.15, 0.2) is 59.1 Å². The molecule has 1 aromatic heterocycles. The standard InChI is InChI=1S/C19H11F12NO2/c1-7(16(20,21)22)3-9(4-8(2)17(23,24)25)13(33)15-14(34-15)10-5-11(18(26,27)28)32-12(6-10)19(29,30)31/h3-6,14,33H,1H2,2H3/b8-4+,9-3+,15-13+. The number of alkyl halides is 12. The second-order valence-corrected chi connectivity index (χ2v) is 6.83. The summed E-state index contributed by atoms with van der Waals surface area (Å²) >= 11 is 0. The van der Waals surface area contributed by atoms with Gasteiger partial charge in [-0.05, 0) is 31.2 Å². The molecule has 0 saturated carbocycles. The molecule has 15 heteroatoms. The Hall–Kier alpha value is -3.13. The van der Waals surface area contributed by atoms with Crippen LogP contribution in [0.2, 0.25) is 0 Å². The lowest BCUT2D eigenvalue weighted by atomic mass is 10.0. The number of hydrogen-bond donors (Lipinski definition) is 1. The van der Waals surface area contributed by atoms with Crippen molar-refractivity contribution in [3.63, 3.8) is 0 Å². The fourth-order valence-electron chi connectivity index (χ4n) is 2.39. The van der Waals surface area contributed by atoms with Crippen LogP contribution in [0, 0.1) is 0 Å². The van der Waals surface area contributed by atoms with Crippen molar-refractivity contribution in [2.24, 2.45) is 0 Å². The van der Waals surface area contributed by atoms with Crippen molar-refractivity contribution in [2.75, 3.05) is 0 Å². The van der Waals surface area contributed by atoms with E-state index in [1.165, 1.54) is 0 Å². The number of hydrogen-bond acceptors (Lipinski definition) is 3. The summed E-state index contributed by atoms with van der Waals surface area (Å²) in [5.41, 5.74) is -9.15. The van der Waals surface area contributed by atoms with E-state index in [9.17, 15) is 57.8 Å². The third kappa shape index (κ3) is 6.47. The Labute approximate surface area is 182 Å². The lowest BCUT2D eigenvalue weighted by Crippen LogP contribution is -2.15. The summed E-state index contributed by atoms with van der Waals surface area (Å²) in [6.07, 6.45) is -22.6. The highest BCUT2D eigenvalue weighted by molar-refractivity contribution is 5.48. The highest BCUT2D eigenvalue weighted by atomic mass is 19.4. The number of aliphatic hydroxyl groups excluding tert-OH is 1. The maximum atomic E-state index is 12.9. The minimum Gasteiger partial charge on any atom is -0.504 e. The quantitative estimate of drug-likeness (QED) is 0.196. The molecule has 0 bridgehead atoms. The Morgan fingerprint density at radius 3 is 1.74 bits per heavy atom. The predicted molar refractivity (Wildman–Crippen MR) is 90.8 cm³/mol. The molecule has 2 heterocycles. The van der Waals surface area contributed by atoms with Gasteiger partial charge in [-0.2, -0.15) is 52.7 Å². The van der Waals surface area contributed by atoms with Crippen LogP contribution < -0.4 is 0 Å². The van der Waals surface area contributed by atoms with Gasteiger partial charge in [-0.1, -0.05) is 6.58 Å². The molecule has 1 fully saturated rings. The molecule has 2 rings (SSSR count). The molecule has 3 nitrogen and oxygen atoms in total. The number of allylic oxidation sites excluding steroid dienone is 4. The molecule has 0 aromatic carbocycles. The molecule has 1 aliphatic rings. The van der Waals surface area contributed by atoms with Gasteiger partial charge in [0.2, 0.25) is 0 Å². The molecule has 1 aromatic rings. The van der Waals surface area contributed by atoms with Crippen molar-refractivity contribution >= 4 is 0 Å². The molecule has 0 spiro atoms. The van der Waals surface area contributed by atoms with Gasteiger partial charge in [-0.25, -0.2) is 4.98 Å². The normalized spacial score (nSPS) is 19.6. The van der Waals surface area contributed by atoms with Crippen LogP contribution in [-0.4, -0.2) is 22.4 Å². The second-order valence-electron chi connectivity index (χ2n) is 6.83. The molecule has 1 unspecified atom stereocenters. The van der Waals surface area contributed by atoms with E-state index >= 15 is 0 Å². The maximum Gasteiger partial charge on any atom is 0.433 e. The van der Waals surface area contributed by atoms with Crippen molar-refractivity contribution in [3.8, 4) is 0 Å². The van der Waals surface area contributed by atoms with E-state index in [-0.39, 0.29) is 24.3 Å². The molecule has 1 atom stereocenters. The van der Waals surface area contributed by atoms with Crippen LogP contribution in [0.25, 0.3) is 0 Å². The fourth-order valence-corrected chi connectivity index (χ4v) is 2.39. The van der Waals surface area contributed by atoms with Crippen molar-refractivity contribution in [1.29, 1.82) is 0 Å². The molecule has 0 radical (unpaired) electrons. The minimum atomic E-state index is -5.33. The smallest absolute Gasteiger partial charge is 0.433 e. The van der Waals surface area contributed by atoms with Gasteiger partial charge in [0.05, 0.1) is 0 Å². The van der Waals surface area contributed by atoms with Gasteiger partial charge >= 0.3 is 24.7 Å². The fraction of sp³-hybridized carbons (Fsp3) is 0.316. The van der Waals surface area contributed by atoms with Gasteiger partial charge in [-0.15, -0.1) is 0 Å². The van der Waals surface area contributed by atoms with E-state index in [1.807, 2.05) is 0 Å². The number of ether oxygens (including phenoxy) is 1. The van der Waals surface area contributed by atoms with Gasteiger partial charge in [0, 0.05) is 22.3 Å². The Kier molecular flexibility index (Phi) is 6.84. The van der Waals surface area contributed by atoms with Crippen LogP contribution in [0.4, 0.5) is 52.7 Å². The summed E-state index contributed by atoms with van der Waals surface area (Å²) in [6, 6.07) is 0.268. The monoisotopic (exact) mass is 513 g/mol. The Morgan fingerprint density at radius 2 is 1.35 bits per heavy atom. The predicted octanol–water partition coefficient (Wildman–Crippen LogP) is 7.51. The summed E-state index contributed by atoms with van der Waals surface area (Å²) in [4.78, 5) is 2.46. The first-order valence-corrected chi connectivity index (χ1v) is 8.62. The summed E-state index contributed by atoms with van der Waals surface area (Å²) in [5.74, 6) is -2.24. The number of halogens is 12. The minimum absolute atomic E-state index is 0.00511. The van der Waals surface area contributed by atoms with Gasteiger partial charge in [-0.3, -0.25) is 0 Å². The molecule has 1 N–H and O–H groups in total. The molecule has 0 amide bonds. The van der Waals surface area contributed by atoms with E-state index in [0.717, 1.165) is 0 Å². The number of rotatable bonds is 4. The van der Waals surface area contributed by atoms with Gasteiger partial charge in [0.1, 0.15) is 11.4 Å². The van der Waals surface area contributed by atoms with Crippen molar-refractivity contribution in [2.45, 2.75) is 37.7 Å². The van der Waals surface area contributed by atoms with Crippen molar-refractivity contribution in [3.05, 3.63) is 76.1 Å². The van der Waals surface area contributed by atoms with Crippen LogP contribution >= 0.6 is 0 Å². The molecule has 188 valence electrons. The van der Waals surface area contributed by atoms with Crippen LogP contribution in [0.5, 0.6) is 0 Å². The molecule has 0 aliphatic carbocycles. The third-order valence-corrected chi connectivity index (χ3v) is 4.18. The van der Waals surface area contributed by atoms with Crippen molar-refractivity contribution < 1.29 is 62.5 Å². The van der Waals surface area contributed by atoms with Crippen molar-refractivity contribution in [1.82, 2.24) is 4.98 Å². The average molecular weight is 513 g/mol. The molecular weight excluding hydrogens is 502 g/mol. The zero-order chi connectivity index (χ0) is 26.4. The summed E-state index contributed by atoms with van der Waals surface area (Å²) < 4.78 is 159. The zero-order valence-electron chi connectivity index (χ0n) is 16.4. The van der Waals surface area contributed by atoms with E-state index in [1.54, 1.807) is 0 Å². The highest BCUT2D eigenvalue weighted by Crippen LogP contribution is 2.48. The van der Waals surface area contributed by atoms with E-state index < -0.39 is 76.0 Å². The van der Waals surface area contributed by atoms with Gasteiger partial charge < -0.3 is 9.84 Å². The first-order valence-electron chi connectivity index (χ1n) is 8.62. The third-order valence-electron chi connectivity index (χ3n) is 4.18. The average Bonchev–Trinajstić information content (AvgIpc) is 3.44. The van der Waals surface area contributed by atoms with Gasteiger partial charge in [0.25, 0.3) is 0 Å². The molecule has 1 aliphatic heterocycles. The van der Waals surface area contributed by atoms with Crippen LogP contribution in [-0.2, 0) is 17.1 Å². The summed E-state index contributed by atoms with van der Waals surface area (Å²) in [5, 5.41) is 10.2. The SMILES string of the molecule is C=C(/C=C(\C=C(/C)C(F)(F)F)C(/O)=C1\OC1c1cc(C(F)(F)F)nc(C(F)(F)F)c1)C(F)(F)F.